The van der Waals surface area contributed by atoms with Crippen LogP contribution in [0.25, 0.3) is 0 Å². The molecule has 1 aromatic carbocycles. The van der Waals surface area contributed by atoms with E-state index in [0.29, 0.717) is 30.4 Å². The van der Waals surface area contributed by atoms with E-state index in [1.807, 2.05) is 6.92 Å². The smallest absolute Gasteiger partial charge is 0.331 e. The first-order chi connectivity index (χ1) is 13.9. The van der Waals surface area contributed by atoms with Crippen LogP contribution in [0.4, 0.5) is 0 Å². The van der Waals surface area contributed by atoms with Crippen molar-refractivity contribution in [2.24, 2.45) is 0 Å². The third-order valence-corrected chi connectivity index (χ3v) is 5.66. The van der Waals surface area contributed by atoms with Crippen LogP contribution in [-0.2, 0) is 14.3 Å². The van der Waals surface area contributed by atoms with E-state index in [-0.39, 0.29) is 43.3 Å². The number of nitrogens with one attached hydrogen (secondary N) is 1. The van der Waals surface area contributed by atoms with E-state index in [2.05, 4.69) is 5.32 Å². The van der Waals surface area contributed by atoms with E-state index in [1.54, 1.807) is 25.1 Å². The highest BCUT2D eigenvalue weighted by molar-refractivity contribution is 6.21. The number of fused-ring (bicyclic) bond motifs is 1. The minimum atomic E-state index is -0.946. The van der Waals surface area contributed by atoms with Gasteiger partial charge in [0.1, 0.15) is 5.54 Å². The molecule has 0 spiro atoms. The Bertz CT molecular complexity index is 826. The Morgan fingerprint density at radius 1 is 1.10 bits per heavy atom. The molecule has 7 heteroatoms. The number of ether oxygens (including phenoxy) is 1. The highest BCUT2D eigenvalue weighted by atomic mass is 16.5. The summed E-state index contributed by atoms with van der Waals surface area (Å²) >= 11 is 0. The van der Waals surface area contributed by atoms with Crippen molar-refractivity contribution in [3.05, 3.63) is 34.9 Å². The molecule has 0 radical (unpaired) electrons. The average molecular weight is 400 g/mol. The molecule has 0 atom stereocenters. The van der Waals surface area contributed by atoms with Crippen LogP contribution in [0, 0.1) is 6.92 Å². The fourth-order valence-electron chi connectivity index (χ4n) is 4.14. The quantitative estimate of drug-likeness (QED) is 0.561. The number of benzene rings is 1. The number of imide groups is 1. The van der Waals surface area contributed by atoms with Crippen molar-refractivity contribution in [1.29, 1.82) is 0 Å². The molecule has 0 saturated heterocycles. The zero-order chi connectivity index (χ0) is 21.0. The van der Waals surface area contributed by atoms with Crippen LogP contribution in [0.15, 0.2) is 18.2 Å². The van der Waals surface area contributed by atoms with Gasteiger partial charge in [0.2, 0.25) is 5.91 Å². The maximum absolute atomic E-state index is 12.5. The van der Waals surface area contributed by atoms with Crippen LogP contribution >= 0.6 is 0 Å². The van der Waals surface area contributed by atoms with Gasteiger partial charge in [-0.2, -0.15) is 0 Å². The maximum atomic E-state index is 12.5. The van der Waals surface area contributed by atoms with Gasteiger partial charge in [0.15, 0.2) is 0 Å². The molecule has 3 amide bonds. The van der Waals surface area contributed by atoms with E-state index < -0.39 is 5.54 Å². The highest BCUT2D eigenvalue weighted by Gasteiger charge is 2.42. The van der Waals surface area contributed by atoms with Gasteiger partial charge < -0.3 is 10.1 Å². The highest BCUT2D eigenvalue weighted by Crippen LogP contribution is 2.30. The number of rotatable bonds is 7. The zero-order valence-corrected chi connectivity index (χ0v) is 17.1. The Morgan fingerprint density at radius 2 is 1.79 bits per heavy atom. The van der Waals surface area contributed by atoms with Gasteiger partial charge in [0, 0.05) is 13.0 Å². The van der Waals surface area contributed by atoms with Crippen molar-refractivity contribution >= 4 is 23.7 Å². The molecule has 1 fully saturated rings. The standard InChI is InChI=1S/C22H28N2O5/c1-3-29-21(28)22(11-5-4-6-12-22)23-18(25)8-7-13-24-19(26)16-10-9-15(2)14-17(16)20(24)27/h9-10,14H,3-8,11-13H2,1-2H3,(H,23,25). The third-order valence-electron chi connectivity index (χ3n) is 5.66. The summed E-state index contributed by atoms with van der Waals surface area (Å²) in [4.78, 5) is 51.1. The molecule has 1 N–H and O–H groups in total. The first kappa shape index (κ1) is 21.0. The number of amides is 3. The van der Waals surface area contributed by atoms with Crippen LogP contribution in [-0.4, -0.2) is 47.3 Å². The summed E-state index contributed by atoms with van der Waals surface area (Å²) in [6.45, 7) is 4.07. The lowest BCUT2D eigenvalue weighted by atomic mass is 9.81. The summed E-state index contributed by atoms with van der Waals surface area (Å²) in [5.41, 5.74) is 0.803. The van der Waals surface area contributed by atoms with Crippen LogP contribution in [0.2, 0.25) is 0 Å². The van der Waals surface area contributed by atoms with Gasteiger partial charge in [-0.1, -0.05) is 30.9 Å². The number of hydrogen-bond donors (Lipinski definition) is 1. The molecule has 29 heavy (non-hydrogen) atoms. The average Bonchev–Trinajstić information content (AvgIpc) is 2.93. The summed E-state index contributed by atoms with van der Waals surface area (Å²) in [7, 11) is 0. The molecule has 0 unspecified atom stereocenters. The topological polar surface area (TPSA) is 92.8 Å². The van der Waals surface area contributed by atoms with Crippen molar-refractivity contribution < 1.29 is 23.9 Å². The second kappa shape index (κ2) is 8.76. The number of carbonyl (C=O) groups is 4. The molecule has 0 bridgehead atoms. The number of esters is 1. The molecule has 0 aromatic heterocycles. The zero-order valence-electron chi connectivity index (χ0n) is 17.1. The van der Waals surface area contributed by atoms with E-state index in [1.165, 1.54) is 4.90 Å². The lowest BCUT2D eigenvalue weighted by Gasteiger charge is -2.35. The number of carbonyl (C=O) groups excluding carboxylic acids is 4. The van der Waals surface area contributed by atoms with Crippen LogP contribution in [0.3, 0.4) is 0 Å². The SMILES string of the molecule is CCOC(=O)C1(NC(=O)CCCN2C(=O)c3ccc(C)cc3C2=O)CCCCC1. The Morgan fingerprint density at radius 3 is 2.48 bits per heavy atom. The normalized spacial score (nSPS) is 17.8. The summed E-state index contributed by atoms with van der Waals surface area (Å²) < 4.78 is 5.19. The van der Waals surface area contributed by atoms with Gasteiger partial charge in [-0.15, -0.1) is 0 Å². The molecule has 1 heterocycles. The first-order valence-electron chi connectivity index (χ1n) is 10.3. The Balaban J connectivity index is 1.56. The monoisotopic (exact) mass is 400 g/mol. The number of hydrogen-bond acceptors (Lipinski definition) is 5. The molecule has 3 rings (SSSR count). The van der Waals surface area contributed by atoms with Crippen molar-refractivity contribution in [2.75, 3.05) is 13.2 Å². The summed E-state index contributed by atoms with van der Waals surface area (Å²) in [6, 6.07) is 5.19. The molecular weight excluding hydrogens is 372 g/mol. The fourth-order valence-corrected chi connectivity index (χ4v) is 4.14. The minimum absolute atomic E-state index is 0.133. The lowest BCUT2D eigenvalue weighted by molar-refractivity contribution is -0.155. The summed E-state index contributed by atoms with van der Waals surface area (Å²) in [5.74, 6) is -1.26. The van der Waals surface area contributed by atoms with E-state index >= 15 is 0 Å². The van der Waals surface area contributed by atoms with Gasteiger partial charge in [0.25, 0.3) is 11.8 Å². The van der Waals surface area contributed by atoms with E-state index in [0.717, 1.165) is 24.8 Å². The number of nitrogens with zero attached hydrogens (tertiary/aromatic N) is 1. The fraction of sp³-hybridized carbons (Fsp3) is 0.545. The Kier molecular flexibility index (Phi) is 6.35. The van der Waals surface area contributed by atoms with Crippen molar-refractivity contribution in [3.63, 3.8) is 0 Å². The lowest BCUT2D eigenvalue weighted by Crippen LogP contribution is -2.56. The second-order valence-electron chi connectivity index (χ2n) is 7.83. The predicted molar refractivity (Wildman–Crippen MR) is 106 cm³/mol. The molecular formula is C22H28N2O5. The van der Waals surface area contributed by atoms with Gasteiger partial charge in [-0.3, -0.25) is 19.3 Å². The van der Waals surface area contributed by atoms with E-state index in [4.69, 9.17) is 4.74 Å². The van der Waals surface area contributed by atoms with Gasteiger partial charge >= 0.3 is 5.97 Å². The predicted octanol–water partition coefficient (Wildman–Crippen LogP) is 2.75. The molecule has 2 aliphatic rings. The summed E-state index contributed by atoms with van der Waals surface area (Å²) in [5, 5.41) is 2.89. The Hall–Kier alpha value is -2.70. The summed E-state index contributed by atoms with van der Waals surface area (Å²) in [6.07, 6.45) is 4.41. The first-order valence-corrected chi connectivity index (χ1v) is 10.3. The van der Waals surface area contributed by atoms with Crippen molar-refractivity contribution in [3.8, 4) is 0 Å². The van der Waals surface area contributed by atoms with Crippen LogP contribution in [0.5, 0.6) is 0 Å². The largest absolute Gasteiger partial charge is 0.464 e. The van der Waals surface area contributed by atoms with Gasteiger partial charge in [-0.25, -0.2) is 4.79 Å². The third kappa shape index (κ3) is 4.33. The van der Waals surface area contributed by atoms with Crippen molar-refractivity contribution in [1.82, 2.24) is 10.2 Å². The molecule has 1 saturated carbocycles. The van der Waals surface area contributed by atoms with E-state index in [9.17, 15) is 19.2 Å². The molecule has 1 aromatic rings. The molecule has 1 aliphatic carbocycles. The molecule has 1 aliphatic heterocycles. The van der Waals surface area contributed by atoms with Crippen LogP contribution in [0.1, 0.15) is 78.1 Å². The molecule has 7 nitrogen and oxygen atoms in total. The maximum Gasteiger partial charge on any atom is 0.331 e. The minimum Gasteiger partial charge on any atom is -0.464 e. The molecule has 156 valence electrons. The van der Waals surface area contributed by atoms with Gasteiger partial charge in [-0.05, 0) is 45.2 Å². The Labute approximate surface area is 170 Å². The van der Waals surface area contributed by atoms with Crippen molar-refractivity contribution in [2.45, 2.75) is 64.3 Å². The van der Waals surface area contributed by atoms with Gasteiger partial charge in [0.05, 0.1) is 17.7 Å². The van der Waals surface area contributed by atoms with Crippen LogP contribution < -0.4 is 5.32 Å². The second-order valence-corrected chi connectivity index (χ2v) is 7.83. The number of aryl methyl sites for hydroxylation is 1.